The van der Waals surface area contributed by atoms with Crippen LogP contribution in [0.4, 0.5) is 5.69 Å². The van der Waals surface area contributed by atoms with Crippen molar-refractivity contribution in [3.05, 3.63) is 62.2 Å². The minimum absolute atomic E-state index is 0.165. The number of nitrogens with zero attached hydrogens (tertiary/aromatic N) is 2. The summed E-state index contributed by atoms with van der Waals surface area (Å²) in [4.78, 5) is 27.1. The number of halogens is 1. The number of aromatic amines is 1. The maximum atomic E-state index is 12.7. The van der Waals surface area contributed by atoms with Crippen LogP contribution in [0.3, 0.4) is 0 Å². The number of aromatic nitrogens is 2. The second-order valence-corrected chi connectivity index (χ2v) is 5.68. The fraction of sp³-hybridized carbons (Fsp3) is 0. The molecule has 0 unspecified atom stereocenters. The average Bonchev–Trinajstić information content (AvgIpc) is 2.80. The number of benzene rings is 2. The summed E-state index contributed by atoms with van der Waals surface area (Å²) >= 11 is 3.37. The summed E-state index contributed by atoms with van der Waals surface area (Å²) in [5.41, 5.74) is 1.84. The molecule has 4 rings (SSSR count). The standard InChI is InChI=1S/C15H8BrN3O2/c16-8-5-6-12-10(7-8)13(18-21)14-17-11-4-2-1-3-9(11)15(20)19(12)14/h1-7,17H. The van der Waals surface area contributed by atoms with Gasteiger partial charge in [-0.1, -0.05) is 28.1 Å². The van der Waals surface area contributed by atoms with Crippen LogP contribution >= 0.6 is 15.9 Å². The molecule has 1 N–H and O–H groups in total. The Bertz CT molecular complexity index is 1090. The van der Waals surface area contributed by atoms with Crippen LogP contribution in [0, 0.1) is 4.91 Å². The molecule has 2 heterocycles. The third kappa shape index (κ3) is 1.59. The molecule has 0 aliphatic carbocycles. The van der Waals surface area contributed by atoms with Gasteiger partial charge in [0.1, 0.15) is 5.65 Å². The Hall–Kier alpha value is -2.47. The van der Waals surface area contributed by atoms with E-state index >= 15 is 0 Å². The van der Waals surface area contributed by atoms with E-state index in [1.54, 1.807) is 24.3 Å². The van der Waals surface area contributed by atoms with Crippen LogP contribution in [0.1, 0.15) is 0 Å². The number of hydrogen-bond donors (Lipinski definition) is 1. The lowest BCUT2D eigenvalue weighted by Crippen LogP contribution is -2.13. The monoisotopic (exact) mass is 341 g/mol. The molecule has 5 nitrogen and oxygen atoms in total. The van der Waals surface area contributed by atoms with Gasteiger partial charge in [0.05, 0.1) is 16.4 Å². The van der Waals surface area contributed by atoms with Crippen molar-refractivity contribution in [3.63, 3.8) is 0 Å². The Morgan fingerprint density at radius 2 is 1.90 bits per heavy atom. The molecule has 0 atom stereocenters. The van der Waals surface area contributed by atoms with Crippen LogP contribution in [0.5, 0.6) is 0 Å². The first-order valence-electron chi connectivity index (χ1n) is 6.29. The smallest absolute Gasteiger partial charge is 0.266 e. The highest BCUT2D eigenvalue weighted by atomic mass is 79.9. The minimum Gasteiger partial charge on any atom is -0.339 e. The topological polar surface area (TPSA) is 66.7 Å². The van der Waals surface area contributed by atoms with Crippen LogP contribution in [0.2, 0.25) is 0 Å². The lowest BCUT2D eigenvalue weighted by molar-refractivity contribution is 1.15. The fourth-order valence-corrected chi connectivity index (χ4v) is 3.05. The molecule has 6 heteroatoms. The van der Waals surface area contributed by atoms with Gasteiger partial charge in [-0.3, -0.25) is 9.20 Å². The molecule has 2 aromatic carbocycles. The first kappa shape index (κ1) is 12.3. The molecule has 0 aliphatic heterocycles. The van der Waals surface area contributed by atoms with E-state index in [0.29, 0.717) is 27.5 Å². The molecule has 21 heavy (non-hydrogen) atoms. The highest BCUT2D eigenvalue weighted by molar-refractivity contribution is 9.10. The lowest BCUT2D eigenvalue weighted by atomic mass is 10.2. The van der Waals surface area contributed by atoms with Gasteiger partial charge in [0.2, 0.25) is 0 Å². The van der Waals surface area contributed by atoms with Gasteiger partial charge in [-0.2, -0.15) is 0 Å². The lowest BCUT2D eigenvalue weighted by Gasteiger charge is -2.01. The predicted molar refractivity (Wildman–Crippen MR) is 86.2 cm³/mol. The molecule has 0 amide bonds. The zero-order valence-corrected chi connectivity index (χ0v) is 12.2. The summed E-state index contributed by atoms with van der Waals surface area (Å²) in [6.45, 7) is 0. The van der Waals surface area contributed by atoms with E-state index in [-0.39, 0.29) is 11.2 Å². The van der Waals surface area contributed by atoms with Crippen LogP contribution in [0.25, 0.3) is 27.5 Å². The Morgan fingerprint density at radius 1 is 1.10 bits per heavy atom. The quantitative estimate of drug-likeness (QED) is 0.529. The number of hydrogen-bond acceptors (Lipinski definition) is 3. The fourth-order valence-electron chi connectivity index (χ4n) is 2.69. The number of nitrogens with one attached hydrogen (secondary N) is 1. The number of para-hydroxylation sites is 1. The van der Waals surface area contributed by atoms with E-state index in [1.165, 1.54) is 4.40 Å². The zero-order chi connectivity index (χ0) is 14.6. The molecule has 0 bridgehead atoms. The maximum absolute atomic E-state index is 12.7. The molecule has 0 spiro atoms. The van der Waals surface area contributed by atoms with Crippen molar-refractivity contribution < 1.29 is 0 Å². The van der Waals surface area contributed by atoms with E-state index in [9.17, 15) is 9.70 Å². The average molecular weight is 342 g/mol. The van der Waals surface area contributed by atoms with Crippen molar-refractivity contribution in [2.75, 3.05) is 0 Å². The molecule has 0 saturated heterocycles. The number of fused-ring (bicyclic) bond motifs is 4. The van der Waals surface area contributed by atoms with E-state index in [4.69, 9.17) is 0 Å². The van der Waals surface area contributed by atoms with Crippen molar-refractivity contribution in [1.29, 1.82) is 0 Å². The molecule has 4 aromatic rings. The second kappa shape index (κ2) is 4.26. The van der Waals surface area contributed by atoms with Gasteiger partial charge in [0.15, 0.2) is 5.69 Å². The van der Waals surface area contributed by atoms with Crippen LogP contribution in [-0.4, -0.2) is 9.38 Å². The third-order valence-corrected chi connectivity index (χ3v) is 4.10. The van der Waals surface area contributed by atoms with Crippen LogP contribution in [-0.2, 0) is 0 Å². The van der Waals surface area contributed by atoms with Crippen molar-refractivity contribution >= 4 is 49.1 Å². The van der Waals surface area contributed by atoms with E-state index in [2.05, 4.69) is 26.1 Å². The second-order valence-electron chi connectivity index (χ2n) is 4.76. The molecule has 102 valence electrons. The zero-order valence-electron chi connectivity index (χ0n) is 10.6. The van der Waals surface area contributed by atoms with Gasteiger partial charge in [-0.05, 0) is 35.5 Å². The first-order valence-corrected chi connectivity index (χ1v) is 7.08. The summed E-state index contributed by atoms with van der Waals surface area (Å²) in [5.74, 6) is 0. The number of nitroso groups, excluding NO2 is 1. The number of H-pyrrole nitrogens is 1. The van der Waals surface area contributed by atoms with Crippen LogP contribution in [0.15, 0.2) is 56.9 Å². The maximum Gasteiger partial charge on any atom is 0.266 e. The highest BCUT2D eigenvalue weighted by Gasteiger charge is 2.16. The van der Waals surface area contributed by atoms with Gasteiger partial charge in [-0.25, -0.2) is 0 Å². The van der Waals surface area contributed by atoms with Gasteiger partial charge < -0.3 is 4.98 Å². The Balaban J connectivity index is 2.39. The molecule has 2 aromatic heterocycles. The normalized spacial score (nSPS) is 11.5. The van der Waals surface area contributed by atoms with E-state index in [1.807, 2.05) is 18.2 Å². The van der Waals surface area contributed by atoms with Crippen molar-refractivity contribution in [2.45, 2.75) is 0 Å². The van der Waals surface area contributed by atoms with Crippen molar-refractivity contribution in [3.8, 4) is 0 Å². The van der Waals surface area contributed by atoms with Crippen LogP contribution < -0.4 is 5.56 Å². The highest BCUT2D eigenvalue weighted by Crippen LogP contribution is 2.34. The summed E-state index contributed by atoms with van der Waals surface area (Å²) in [5, 5.41) is 4.33. The Kier molecular flexibility index (Phi) is 2.49. The molecule has 0 fully saturated rings. The summed E-state index contributed by atoms with van der Waals surface area (Å²) in [6.07, 6.45) is 0. The van der Waals surface area contributed by atoms with Crippen molar-refractivity contribution in [2.24, 2.45) is 5.18 Å². The van der Waals surface area contributed by atoms with E-state index in [0.717, 1.165) is 4.47 Å². The summed E-state index contributed by atoms with van der Waals surface area (Å²) in [6, 6.07) is 12.6. The SMILES string of the molecule is O=Nc1c2cc(Br)ccc2n2c(=O)c3ccccc3[nH]c12. The molecule has 0 radical (unpaired) electrons. The first-order chi connectivity index (χ1) is 10.2. The molecular weight excluding hydrogens is 334 g/mol. The Morgan fingerprint density at radius 3 is 2.71 bits per heavy atom. The largest absolute Gasteiger partial charge is 0.339 e. The molecule has 0 aliphatic rings. The molecule has 0 saturated carbocycles. The molecular formula is C15H8BrN3O2. The third-order valence-electron chi connectivity index (χ3n) is 3.61. The van der Waals surface area contributed by atoms with Gasteiger partial charge in [-0.15, -0.1) is 4.91 Å². The van der Waals surface area contributed by atoms with Crippen molar-refractivity contribution in [1.82, 2.24) is 9.38 Å². The van der Waals surface area contributed by atoms with Gasteiger partial charge in [0.25, 0.3) is 5.56 Å². The van der Waals surface area contributed by atoms with Gasteiger partial charge >= 0.3 is 0 Å². The van der Waals surface area contributed by atoms with Gasteiger partial charge in [0, 0.05) is 9.86 Å². The minimum atomic E-state index is -0.165. The summed E-state index contributed by atoms with van der Waals surface area (Å²) < 4.78 is 2.33. The number of rotatable bonds is 1. The predicted octanol–water partition coefficient (Wildman–Crippen LogP) is 4.09. The van der Waals surface area contributed by atoms with E-state index < -0.39 is 0 Å². The summed E-state index contributed by atoms with van der Waals surface area (Å²) in [7, 11) is 0. The Labute approximate surface area is 126 Å².